The zero-order chi connectivity index (χ0) is 15.4. The van der Waals surface area contributed by atoms with Crippen molar-refractivity contribution in [2.24, 2.45) is 5.73 Å². The lowest BCUT2D eigenvalue weighted by molar-refractivity contribution is 0.212. The van der Waals surface area contributed by atoms with E-state index in [2.05, 4.69) is 31.7 Å². The Hall–Kier alpha value is -1.15. The number of halogens is 2. The van der Waals surface area contributed by atoms with Crippen molar-refractivity contribution >= 4 is 24.8 Å². The lowest BCUT2D eigenvalue weighted by Gasteiger charge is -2.31. The molecule has 0 aliphatic carbocycles. The Bertz CT molecular complexity index is 577. The van der Waals surface area contributed by atoms with Crippen molar-refractivity contribution in [1.82, 2.24) is 29.4 Å². The fraction of sp³-hybridized carbons (Fsp3) is 0.667. The fourth-order valence-corrected chi connectivity index (χ4v) is 3.25. The number of likely N-dealkylation sites (tertiary alicyclic amines) is 1. The molecule has 0 amide bonds. The molecule has 2 aromatic heterocycles. The Balaban J connectivity index is 0.00000144. The van der Waals surface area contributed by atoms with Crippen LogP contribution in [0.2, 0.25) is 0 Å². The van der Waals surface area contributed by atoms with Gasteiger partial charge in [-0.25, -0.2) is 0 Å². The van der Waals surface area contributed by atoms with Crippen molar-refractivity contribution in [1.29, 1.82) is 0 Å². The maximum absolute atomic E-state index is 5.64. The topological polar surface area (TPSA) is 77.8 Å². The van der Waals surface area contributed by atoms with Gasteiger partial charge in [-0.1, -0.05) is 0 Å². The predicted octanol–water partition coefficient (Wildman–Crippen LogP) is 1.52. The second kappa shape index (κ2) is 9.98. The van der Waals surface area contributed by atoms with E-state index < -0.39 is 0 Å². The van der Waals surface area contributed by atoms with E-state index in [4.69, 9.17) is 5.73 Å². The van der Waals surface area contributed by atoms with E-state index in [0.717, 1.165) is 57.2 Å². The van der Waals surface area contributed by atoms with Crippen molar-refractivity contribution in [2.45, 2.75) is 38.8 Å². The lowest BCUT2D eigenvalue weighted by Crippen LogP contribution is -2.37. The highest BCUT2D eigenvalue weighted by Crippen LogP contribution is 2.27. The van der Waals surface area contributed by atoms with Crippen LogP contribution in [0.1, 0.15) is 37.3 Å². The van der Waals surface area contributed by atoms with Crippen LogP contribution in [0.4, 0.5) is 0 Å². The van der Waals surface area contributed by atoms with Gasteiger partial charge in [0.25, 0.3) is 0 Å². The molecule has 3 rings (SSSR count). The predicted molar refractivity (Wildman–Crippen MR) is 99.0 cm³/mol. The van der Waals surface area contributed by atoms with Gasteiger partial charge in [0.1, 0.15) is 12.4 Å². The quantitative estimate of drug-likeness (QED) is 0.827. The number of nitrogens with two attached hydrogens (primary N) is 1. The summed E-state index contributed by atoms with van der Waals surface area (Å²) in [7, 11) is 0. The first-order chi connectivity index (χ1) is 10.8. The molecule has 0 unspecified atom stereocenters. The van der Waals surface area contributed by atoms with Crippen LogP contribution in [0.15, 0.2) is 18.5 Å². The first kappa shape index (κ1) is 20.9. The number of nitrogens with zero attached hydrogens (tertiary/aromatic N) is 6. The molecule has 0 atom stereocenters. The van der Waals surface area contributed by atoms with E-state index >= 15 is 0 Å². The monoisotopic (exact) mass is 375 g/mol. The van der Waals surface area contributed by atoms with Crippen LogP contribution in [0, 0.1) is 0 Å². The molecular weight excluding hydrogens is 349 g/mol. The van der Waals surface area contributed by atoms with Crippen molar-refractivity contribution in [3.05, 3.63) is 30.1 Å². The number of aromatic nitrogens is 5. The maximum atomic E-state index is 5.64. The Morgan fingerprint density at radius 3 is 2.54 bits per heavy atom. The first-order valence-electron chi connectivity index (χ1n) is 8.13. The summed E-state index contributed by atoms with van der Waals surface area (Å²) in [6.45, 7) is 7.69. The van der Waals surface area contributed by atoms with Gasteiger partial charge in [-0.05, 0) is 38.9 Å². The highest BCUT2D eigenvalue weighted by atomic mass is 35.5. The summed E-state index contributed by atoms with van der Waals surface area (Å²) in [4.78, 5) is 2.44. The lowest BCUT2D eigenvalue weighted by atomic mass is 9.96. The summed E-state index contributed by atoms with van der Waals surface area (Å²) >= 11 is 0. The van der Waals surface area contributed by atoms with Gasteiger partial charge in [-0.15, -0.1) is 35.0 Å². The molecule has 0 aromatic carbocycles. The highest BCUT2D eigenvalue weighted by Gasteiger charge is 2.25. The molecule has 0 spiro atoms. The molecular formula is C15H27Cl2N7. The van der Waals surface area contributed by atoms with Gasteiger partial charge in [0.2, 0.25) is 0 Å². The van der Waals surface area contributed by atoms with Gasteiger partial charge in [0.15, 0.2) is 5.82 Å². The fourth-order valence-electron chi connectivity index (χ4n) is 3.25. The largest absolute Gasteiger partial charge is 0.329 e. The van der Waals surface area contributed by atoms with Crippen LogP contribution >= 0.6 is 24.8 Å². The van der Waals surface area contributed by atoms with E-state index in [0.29, 0.717) is 12.5 Å². The number of rotatable bonds is 6. The second-order valence-electron chi connectivity index (χ2n) is 5.83. The number of hydrogen-bond acceptors (Lipinski definition) is 5. The molecule has 2 N–H and O–H groups in total. The number of piperidine rings is 1. The minimum atomic E-state index is 0. The summed E-state index contributed by atoms with van der Waals surface area (Å²) in [6.07, 6.45) is 6.03. The van der Waals surface area contributed by atoms with Gasteiger partial charge in [0.05, 0.1) is 0 Å². The summed E-state index contributed by atoms with van der Waals surface area (Å²) in [5.74, 6) is 2.63. The minimum Gasteiger partial charge on any atom is -0.329 e. The molecule has 0 saturated carbocycles. The van der Waals surface area contributed by atoms with Gasteiger partial charge in [-0.3, -0.25) is 4.68 Å². The Morgan fingerprint density at radius 1 is 1.21 bits per heavy atom. The average Bonchev–Trinajstić information content (AvgIpc) is 3.18. The van der Waals surface area contributed by atoms with Crippen LogP contribution in [-0.4, -0.2) is 55.6 Å². The molecule has 1 aliphatic heterocycles. The molecule has 2 aromatic rings. The molecule has 0 radical (unpaired) electrons. The SMILES string of the molecule is CCn1c(Cn2cccn2)nnc1C1CCN(CCN)CC1.Cl.Cl. The molecule has 9 heteroatoms. The van der Waals surface area contributed by atoms with Crippen molar-refractivity contribution < 1.29 is 0 Å². The molecule has 1 aliphatic rings. The van der Waals surface area contributed by atoms with E-state index in [-0.39, 0.29) is 24.8 Å². The third-order valence-corrected chi connectivity index (χ3v) is 4.43. The van der Waals surface area contributed by atoms with E-state index in [1.165, 1.54) is 0 Å². The third-order valence-electron chi connectivity index (χ3n) is 4.43. The van der Waals surface area contributed by atoms with E-state index in [1.807, 2.05) is 16.9 Å². The minimum absolute atomic E-state index is 0. The molecule has 1 fully saturated rings. The zero-order valence-corrected chi connectivity index (χ0v) is 15.7. The van der Waals surface area contributed by atoms with Gasteiger partial charge >= 0.3 is 0 Å². The van der Waals surface area contributed by atoms with Gasteiger partial charge in [0, 0.05) is 37.9 Å². The second-order valence-corrected chi connectivity index (χ2v) is 5.83. The standard InChI is InChI=1S/C15H25N7.2ClH/c1-2-22-14(12-21-8-3-7-17-21)18-19-15(22)13-4-9-20(10-5-13)11-6-16;;/h3,7-8,13H,2,4-6,9-12,16H2,1H3;2*1H. The van der Waals surface area contributed by atoms with Gasteiger partial charge < -0.3 is 15.2 Å². The normalized spacial score (nSPS) is 15.8. The van der Waals surface area contributed by atoms with Crippen LogP contribution in [0.5, 0.6) is 0 Å². The average molecular weight is 376 g/mol. The molecule has 1 saturated heterocycles. The molecule has 3 heterocycles. The Labute approximate surface area is 155 Å². The van der Waals surface area contributed by atoms with Crippen LogP contribution in [-0.2, 0) is 13.1 Å². The van der Waals surface area contributed by atoms with E-state index in [1.54, 1.807) is 6.20 Å². The molecule has 7 nitrogen and oxygen atoms in total. The Morgan fingerprint density at radius 2 is 1.96 bits per heavy atom. The summed E-state index contributed by atoms with van der Waals surface area (Å²) in [6, 6.07) is 1.93. The summed E-state index contributed by atoms with van der Waals surface area (Å²) in [5, 5.41) is 13.2. The summed E-state index contributed by atoms with van der Waals surface area (Å²) in [5.41, 5.74) is 5.64. The molecule has 136 valence electrons. The molecule has 24 heavy (non-hydrogen) atoms. The Kier molecular flexibility index (Phi) is 8.69. The van der Waals surface area contributed by atoms with Crippen LogP contribution in [0.3, 0.4) is 0 Å². The smallest absolute Gasteiger partial charge is 0.154 e. The number of hydrogen-bond donors (Lipinski definition) is 1. The van der Waals surface area contributed by atoms with Crippen LogP contribution in [0.25, 0.3) is 0 Å². The highest BCUT2D eigenvalue weighted by molar-refractivity contribution is 5.85. The maximum Gasteiger partial charge on any atom is 0.154 e. The van der Waals surface area contributed by atoms with E-state index in [9.17, 15) is 0 Å². The molecule has 0 bridgehead atoms. The van der Waals surface area contributed by atoms with Crippen LogP contribution < -0.4 is 5.73 Å². The van der Waals surface area contributed by atoms with Crippen molar-refractivity contribution in [3.8, 4) is 0 Å². The zero-order valence-electron chi connectivity index (χ0n) is 14.0. The first-order valence-corrected chi connectivity index (χ1v) is 8.13. The third kappa shape index (κ3) is 4.69. The van der Waals surface area contributed by atoms with Crippen molar-refractivity contribution in [3.63, 3.8) is 0 Å². The summed E-state index contributed by atoms with van der Waals surface area (Å²) < 4.78 is 4.15. The van der Waals surface area contributed by atoms with Crippen molar-refractivity contribution in [2.75, 3.05) is 26.2 Å². The van der Waals surface area contributed by atoms with Gasteiger partial charge in [-0.2, -0.15) is 5.10 Å².